The van der Waals surface area contributed by atoms with Crippen molar-refractivity contribution < 1.29 is 0 Å². The first-order chi connectivity index (χ1) is 9.33. The van der Waals surface area contributed by atoms with Gasteiger partial charge in [-0.05, 0) is 18.1 Å². The third-order valence-electron chi connectivity index (χ3n) is 3.43. The van der Waals surface area contributed by atoms with Crippen LogP contribution in [0.3, 0.4) is 0 Å². The molecule has 19 heavy (non-hydrogen) atoms. The third-order valence-corrected chi connectivity index (χ3v) is 3.43. The topological polar surface area (TPSA) is 38.0 Å². The second-order valence-electron chi connectivity index (χ2n) is 4.83. The Balaban J connectivity index is 2.29. The van der Waals surface area contributed by atoms with Gasteiger partial charge in [0, 0.05) is 25.0 Å². The smallest absolute Gasteiger partial charge is 0.0240 e. The zero-order valence-corrected chi connectivity index (χ0v) is 11.4. The number of rotatable bonds is 6. The van der Waals surface area contributed by atoms with Crippen LogP contribution in [0, 0.1) is 0 Å². The maximum absolute atomic E-state index is 5.59. The van der Waals surface area contributed by atoms with Gasteiger partial charge in [0.15, 0.2) is 0 Å². The molecule has 2 aromatic carbocycles. The molecule has 3 N–H and O–H groups in total. The molecule has 1 atom stereocenters. The molecular formula is C17H22N2. The number of nitrogens with one attached hydrogen (secondary N) is 1. The van der Waals surface area contributed by atoms with Crippen LogP contribution >= 0.6 is 0 Å². The van der Waals surface area contributed by atoms with E-state index in [0.717, 1.165) is 6.54 Å². The summed E-state index contributed by atoms with van der Waals surface area (Å²) in [5, 5.41) is 3.50. The molecule has 0 saturated heterocycles. The van der Waals surface area contributed by atoms with Crippen LogP contribution < -0.4 is 11.1 Å². The number of hydrogen-bond acceptors (Lipinski definition) is 2. The van der Waals surface area contributed by atoms with E-state index >= 15 is 0 Å². The lowest BCUT2D eigenvalue weighted by atomic mass is 9.86. The van der Waals surface area contributed by atoms with Gasteiger partial charge in [0.2, 0.25) is 0 Å². The Hall–Kier alpha value is -1.64. The van der Waals surface area contributed by atoms with Gasteiger partial charge in [-0.2, -0.15) is 0 Å². The highest BCUT2D eigenvalue weighted by Gasteiger charge is 2.20. The zero-order chi connectivity index (χ0) is 13.5. The molecule has 0 spiro atoms. The SMILES string of the molecule is CC(NCCN)C(c1ccccc1)c1ccccc1. The minimum Gasteiger partial charge on any atom is -0.329 e. The third kappa shape index (κ3) is 3.66. The highest BCUT2D eigenvalue weighted by molar-refractivity contribution is 5.34. The number of hydrogen-bond donors (Lipinski definition) is 2. The van der Waals surface area contributed by atoms with Crippen molar-refractivity contribution in [1.29, 1.82) is 0 Å². The van der Waals surface area contributed by atoms with E-state index in [1.54, 1.807) is 0 Å². The summed E-state index contributed by atoms with van der Waals surface area (Å²) < 4.78 is 0. The van der Waals surface area contributed by atoms with E-state index in [1.807, 2.05) is 0 Å². The highest BCUT2D eigenvalue weighted by atomic mass is 14.9. The largest absolute Gasteiger partial charge is 0.329 e. The lowest BCUT2D eigenvalue weighted by Crippen LogP contribution is -2.36. The Morgan fingerprint density at radius 3 is 1.79 bits per heavy atom. The van der Waals surface area contributed by atoms with Crippen molar-refractivity contribution in [3.63, 3.8) is 0 Å². The first-order valence-corrected chi connectivity index (χ1v) is 6.86. The second-order valence-corrected chi connectivity index (χ2v) is 4.83. The van der Waals surface area contributed by atoms with Gasteiger partial charge in [0.05, 0.1) is 0 Å². The lowest BCUT2D eigenvalue weighted by molar-refractivity contribution is 0.506. The number of benzene rings is 2. The molecule has 2 aromatic rings. The van der Waals surface area contributed by atoms with Gasteiger partial charge in [0.1, 0.15) is 0 Å². The van der Waals surface area contributed by atoms with Crippen LogP contribution in [0.2, 0.25) is 0 Å². The van der Waals surface area contributed by atoms with Gasteiger partial charge in [-0.1, -0.05) is 60.7 Å². The quantitative estimate of drug-likeness (QED) is 0.832. The van der Waals surface area contributed by atoms with Gasteiger partial charge in [0.25, 0.3) is 0 Å². The Morgan fingerprint density at radius 1 is 0.895 bits per heavy atom. The van der Waals surface area contributed by atoms with Gasteiger partial charge in [-0.15, -0.1) is 0 Å². The van der Waals surface area contributed by atoms with E-state index < -0.39 is 0 Å². The standard InChI is InChI=1S/C17H22N2/c1-14(19-13-12-18)17(15-8-4-2-5-9-15)16-10-6-3-7-11-16/h2-11,14,17,19H,12-13,18H2,1H3. The fourth-order valence-corrected chi connectivity index (χ4v) is 2.52. The van der Waals surface area contributed by atoms with E-state index in [9.17, 15) is 0 Å². The zero-order valence-electron chi connectivity index (χ0n) is 11.4. The molecule has 2 nitrogen and oxygen atoms in total. The molecule has 0 aliphatic carbocycles. The minimum atomic E-state index is 0.355. The van der Waals surface area contributed by atoms with E-state index in [-0.39, 0.29) is 0 Å². The van der Waals surface area contributed by atoms with Gasteiger partial charge >= 0.3 is 0 Å². The summed E-state index contributed by atoms with van der Waals surface area (Å²) >= 11 is 0. The van der Waals surface area contributed by atoms with E-state index in [1.165, 1.54) is 11.1 Å². The molecule has 2 heteroatoms. The summed E-state index contributed by atoms with van der Waals surface area (Å²) in [6.07, 6.45) is 0. The summed E-state index contributed by atoms with van der Waals surface area (Å²) in [6, 6.07) is 21.6. The molecule has 0 amide bonds. The van der Waals surface area contributed by atoms with Crippen molar-refractivity contribution in [2.45, 2.75) is 18.9 Å². The maximum Gasteiger partial charge on any atom is 0.0240 e. The van der Waals surface area contributed by atoms with E-state index in [4.69, 9.17) is 5.73 Å². The van der Waals surface area contributed by atoms with Crippen LogP contribution in [0.25, 0.3) is 0 Å². The van der Waals surface area contributed by atoms with Crippen LogP contribution in [0.1, 0.15) is 24.0 Å². The second kappa shape index (κ2) is 7.07. The Morgan fingerprint density at radius 2 is 1.37 bits per heavy atom. The van der Waals surface area contributed by atoms with Crippen molar-refractivity contribution in [2.24, 2.45) is 5.73 Å². The molecule has 0 radical (unpaired) electrons. The van der Waals surface area contributed by atoms with Crippen molar-refractivity contribution in [2.75, 3.05) is 13.1 Å². The first-order valence-electron chi connectivity index (χ1n) is 6.86. The summed E-state index contributed by atoms with van der Waals surface area (Å²) in [6.45, 7) is 3.73. The lowest BCUT2D eigenvalue weighted by Gasteiger charge is -2.26. The monoisotopic (exact) mass is 254 g/mol. The summed E-state index contributed by atoms with van der Waals surface area (Å²) in [5.41, 5.74) is 8.27. The minimum absolute atomic E-state index is 0.355. The van der Waals surface area contributed by atoms with E-state index in [2.05, 4.69) is 72.9 Å². The molecule has 0 aliphatic rings. The molecule has 0 fully saturated rings. The fraction of sp³-hybridized carbons (Fsp3) is 0.294. The normalized spacial score (nSPS) is 12.6. The summed E-state index contributed by atoms with van der Waals surface area (Å²) in [7, 11) is 0. The molecule has 1 unspecified atom stereocenters. The van der Waals surface area contributed by atoms with Crippen molar-refractivity contribution in [3.8, 4) is 0 Å². The molecule has 2 rings (SSSR count). The predicted molar refractivity (Wildman–Crippen MR) is 81.2 cm³/mol. The van der Waals surface area contributed by atoms with Crippen LogP contribution in [0.4, 0.5) is 0 Å². The Kier molecular flexibility index (Phi) is 5.13. The molecule has 0 bridgehead atoms. The van der Waals surface area contributed by atoms with Crippen molar-refractivity contribution >= 4 is 0 Å². The molecule has 0 aromatic heterocycles. The Labute approximate surface area is 115 Å². The summed E-state index contributed by atoms with van der Waals surface area (Å²) in [5.74, 6) is 0.356. The predicted octanol–water partition coefficient (Wildman–Crippen LogP) is 2.76. The van der Waals surface area contributed by atoms with Crippen molar-refractivity contribution in [3.05, 3.63) is 71.8 Å². The average Bonchev–Trinajstić information content (AvgIpc) is 2.47. The number of nitrogens with two attached hydrogens (primary N) is 1. The summed E-state index contributed by atoms with van der Waals surface area (Å²) in [4.78, 5) is 0. The first kappa shape index (κ1) is 13.8. The van der Waals surface area contributed by atoms with Gasteiger partial charge in [-0.25, -0.2) is 0 Å². The van der Waals surface area contributed by atoms with Gasteiger partial charge in [-0.3, -0.25) is 0 Å². The van der Waals surface area contributed by atoms with Gasteiger partial charge < -0.3 is 11.1 Å². The molecular weight excluding hydrogens is 232 g/mol. The van der Waals surface area contributed by atoms with Crippen LogP contribution in [0.5, 0.6) is 0 Å². The average molecular weight is 254 g/mol. The fourth-order valence-electron chi connectivity index (χ4n) is 2.52. The highest BCUT2D eigenvalue weighted by Crippen LogP contribution is 2.27. The molecule has 0 aliphatic heterocycles. The van der Waals surface area contributed by atoms with Crippen LogP contribution in [0.15, 0.2) is 60.7 Å². The van der Waals surface area contributed by atoms with Crippen LogP contribution in [-0.2, 0) is 0 Å². The Bertz CT molecular complexity index is 428. The van der Waals surface area contributed by atoms with Crippen LogP contribution in [-0.4, -0.2) is 19.1 Å². The van der Waals surface area contributed by atoms with Crippen molar-refractivity contribution in [1.82, 2.24) is 5.32 Å². The molecule has 0 saturated carbocycles. The molecule has 100 valence electrons. The maximum atomic E-state index is 5.59. The molecule has 0 heterocycles. The van der Waals surface area contributed by atoms with E-state index in [0.29, 0.717) is 18.5 Å².